The average molecular weight is 373 g/mol. The molecule has 0 radical (unpaired) electrons. The van der Waals surface area contributed by atoms with Crippen molar-refractivity contribution in [1.82, 2.24) is 24.8 Å². The van der Waals surface area contributed by atoms with Crippen LogP contribution in [-0.4, -0.2) is 38.0 Å². The van der Waals surface area contributed by atoms with Crippen molar-refractivity contribution in [2.45, 2.75) is 46.5 Å². The van der Waals surface area contributed by atoms with Gasteiger partial charge in [-0.2, -0.15) is 5.10 Å². The first-order chi connectivity index (χ1) is 12.6. The summed E-state index contributed by atoms with van der Waals surface area (Å²) < 4.78 is 13.4. The lowest BCUT2D eigenvalue weighted by Crippen LogP contribution is -2.39. The van der Waals surface area contributed by atoms with Crippen LogP contribution in [0.3, 0.4) is 0 Å². The van der Waals surface area contributed by atoms with E-state index in [0.717, 1.165) is 41.8 Å². The second kappa shape index (κ2) is 7.30. The summed E-state index contributed by atoms with van der Waals surface area (Å²) in [5.41, 5.74) is 4.35. The number of thiazole rings is 1. The minimum absolute atomic E-state index is 0.189. The fourth-order valence-electron chi connectivity index (χ4n) is 3.43. The van der Waals surface area contributed by atoms with Crippen molar-refractivity contribution in [3.8, 4) is 0 Å². The lowest BCUT2D eigenvalue weighted by molar-refractivity contribution is 0.0520. The molecular formula is C18H23N5O2S. The fraction of sp³-hybridized carbons (Fsp3) is 0.500. The first kappa shape index (κ1) is 17.4. The van der Waals surface area contributed by atoms with Crippen LogP contribution in [0.1, 0.15) is 39.5 Å². The van der Waals surface area contributed by atoms with E-state index in [1.807, 2.05) is 27.0 Å². The predicted molar refractivity (Wildman–Crippen MR) is 97.9 cm³/mol. The molecule has 0 aliphatic carbocycles. The van der Waals surface area contributed by atoms with E-state index in [0.29, 0.717) is 13.2 Å². The molecule has 138 valence electrons. The number of hydrogen-bond acceptors (Lipinski definition) is 7. The Balaban J connectivity index is 1.42. The Kier molecular flexibility index (Phi) is 4.88. The molecule has 26 heavy (non-hydrogen) atoms. The van der Waals surface area contributed by atoms with E-state index < -0.39 is 0 Å². The van der Waals surface area contributed by atoms with Crippen molar-refractivity contribution in [3.63, 3.8) is 0 Å². The predicted octanol–water partition coefficient (Wildman–Crippen LogP) is 3.03. The second-order valence-electron chi connectivity index (χ2n) is 6.77. The van der Waals surface area contributed by atoms with E-state index in [1.54, 1.807) is 11.3 Å². The van der Waals surface area contributed by atoms with Gasteiger partial charge in [0.2, 0.25) is 0 Å². The van der Waals surface area contributed by atoms with E-state index >= 15 is 0 Å². The molecule has 3 aromatic heterocycles. The number of hydrogen-bond donors (Lipinski definition) is 0. The summed E-state index contributed by atoms with van der Waals surface area (Å²) in [6.45, 7) is 9.72. The van der Waals surface area contributed by atoms with Gasteiger partial charge in [-0.1, -0.05) is 5.16 Å². The van der Waals surface area contributed by atoms with E-state index in [4.69, 9.17) is 9.26 Å². The quantitative estimate of drug-likeness (QED) is 0.661. The number of ether oxygens (including phenoxy) is 1. The average Bonchev–Trinajstić information content (AvgIpc) is 3.32. The molecule has 1 aliphatic heterocycles. The highest BCUT2D eigenvalue weighted by Crippen LogP contribution is 2.24. The zero-order chi connectivity index (χ0) is 18.1. The summed E-state index contributed by atoms with van der Waals surface area (Å²) in [4.78, 5) is 6.86. The summed E-state index contributed by atoms with van der Waals surface area (Å²) in [7, 11) is 0. The van der Waals surface area contributed by atoms with Crippen molar-refractivity contribution < 1.29 is 9.26 Å². The molecule has 0 spiro atoms. The molecule has 4 heterocycles. The maximum Gasteiger partial charge on any atom is 0.138 e. The lowest BCUT2D eigenvalue weighted by Gasteiger charge is -2.33. The third kappa shape index (κ3) is 3.58. The smallest absolute Gasteiger partial charge is 0.138 e. The van der Waals surface area contributed by atoms with E-state index in [2.05, 4.69) is 36.3 Å². The van der Waals surface area contributed by atoms with Gasteiger partial charge in [-0.15, -0.1) is 11.3 Å². The molecule has 3 aromatic rings. The third-order valence-corrected chi connectivity index (χ3v) is 5.56. The zero-order valence-corrected chi connectivity index (χ0v) is 16.1. The SMILES string of the molecule is Cc1nc(COCC2CN(Cc3c(C)noc3C)Cc3ccnn32)cs1. The highest BCUT2D eigenvalue weighted by Gasteiger charge is 2.27. The first-order valence-electron chi connectivity index (χ1n) is 8.75. The topological polar surface area (TPSA) is 69.2 Å². The van der Waals surface area contributed by atoms with Gasteiger partial charge in [-0.25, -0.2) is 4.98 Å². The Labute approximate surface area is 156 Å². The Morgan fingerprint density at radius 2 is 2.23 bits per heavy atom. The van der Waals surface area contributed by atoms with Gasteiger partial charge in [-0.3, -0.25) is 9.58 Å². The first-order valence-corrected chi connectivity index (χ1v) is 9.63. The van der Waals surface area contributed by atoms with Gasteiger partial charge < -0.3 is 9.26 Å². The molecule has 4 rings (SSSR count). The van der Waals surface area contributed by atoms with Gasteiger partial charge in [0, 0.05) is 36.8 Å². The number of nitrogens with zero attached hydrogens (tertiary/aromatic N) is 5. The van der Waals surface area contributed by atoms with E-state index in [1.165, 1.54) is 11.3 Å². The van der Waals surface area contributed by atoms with Crippen molar-refractivity contribution in [2.24, 2.45) is 0 Å². The van der Waals surface area contributed by atoms with Crippen LogP contribution in [0.15, 0.2) is 22.2 Å². The number of aromatic nitrogens is 4. The number of aryl methyl sites for hydroxylation is 3. The molecule has 0 amide bonds. The Hall–Kier alpha value is -2.03. The van der Waals surface area contributed by atoms with Crippen LogP contribution >= 0.6 is 11.3 Å². The van der Waals surface area contributed by atoms with Gasteiger partial charge in [-0.05, 0) is 26.8 Å². The van der Waals surface area contributed by atoms with E-state index in [-0.39, 0.29) is 6.04 Å². The molecule has 7 nitrogen and oxygen atoms in total. The van der Waals surface area contributed by atoms with Crippen LogP contribution < -0.4 is 0 Å². The fourth-order valence-corrected chi connectivity index (χ4v) is 4.03. The van der Waals surface area contributed by atoms with Gasteiger partial charge in [0.05, 0.1) is 41.3 Å². The molecule has 1 unspecified atom stereocenters. The molecule has 0 fully saturated rings. The van der Waals surface area contributed by atoms with Crippen LogP contribution in [0.2, 0.25) is 0 Å². The number of fused-ring (bicyclic) bond motifs is 1. The summed E-state index contributed by atoms with van der Waals surface area (Å²) in [5, 5.41) is 11.7. The van der Waals surface area contributed by atoms with Crippen LogP contribution in [0, 0.1) is 20.8 Å². The largest absolute Gasteiger partial charge is 0.373 e. The molecule has 1 atom stereocenters. The summed E-state index contributed by atoms with van der Waals surface area (Å²) >= 11 is 1.65. The Morgan fingerprint density at radius 1 is 1.35 bits per heavy atom. The summed E-state index contributed by atoms with van der Waals surface area (Å²) in [6, 6.07) is 2.27. The van der Waals surface area contributed by atoms with Crippen LogP contribution in [0.5, 0.6) is 0 Å². The molecule has 0 bridgehead atoms. The Morgan fingerprint density at radius 3 is 2.96 bits per heavy atom. The molecule has 0 aromatic carbocycles. The molecule has 0 saturated carbocycles. The minimum atomic E-state index is 0.189. The van der Waals surface area contributed by atoms with Gasteiger partial charge in [0.1, 0.15) is 5.76 Å². The molecule has 8 heteroatoms. The lowest BCUT2D eigenvalue weighted by atomic mass is 10.1. The maximum atomic E-state index is 5.96. The highest BCUT2D eigenvalue weighted by atomic mass is 32.1. The summed E-state index contributed by atoms with van der Waals surface area (Å²) in [6.07, 6.45) is 1.87. The normalized spacial score (nSPS) is 17.6. The van der Waals surface area contributed by atoms with Gasteiger partial charge in [0.15, 0.2) is 0 Å². The molecule has 0 saturated heterocycles. The summed E-state index contributed by atoms with van der Waals surface area (Å²) in [5.74, 6) is 0.897. The highest BCUT2D eigenvalue weighted by molar-refractivity contribution is 7.09. The Bertz CT molecular complexity index is 864. The van der Waals surface area contributed by atoms with Crippen molar-refractivity contribution in [3.05, 3.63) is 51.1 Å². The second-order valence-corrected chi connectivity index (χ2v) is 7.83. The monoisotopic (exact) mass is 373 g/mol. The van der Waals surface area contributed by atoms with Crippen molar-refractivity contribution in [1.29, 1.82) is 0 Å². The van der Waals surface area contributed by atoms with E-state index in [9.17, 15) is 0 Å². The molecule has 1 aliphatic rings. The van der Waals surface area contributed by atoms with Crippen molar-refractivity contribution >= 4 is 11.3 Å². The van der Waals surface area contributed by atoms with Crippen LogP contribution in [0.25, 0.3) is 0 Å². The molecular weight excluding hydrogens is 350 g/mol. The van der Waals surface area contributed by atoms with Gasteiger partial charge in [0.25, 0.3) is 0 Å². The maximum absolute atomic E-state index is 5.96. The van der Waals surface area contributed by atoms with Crippen molar-refractivity contribution in [2.75, 3.05) is 13.2 Å². The molecule has 0 N–H and O–H groups in total. The minimum Gasteiger partial charge on any atom is -0.373 e. The van der Waals surface area contributed by atoms with Crippen LogP contribution in [0.4, 0.5) is 0 Å². The standard InChI is InChI=1S/C18H23N5O2S/c1-12-18(13(2)25-21-12)8-22-6-16-4-5-19-23(16)17(7-22)10-24-9-15-11-26-14(3)20-15/h4-5,11,17H,6-10H2,1-3H3. The number of rotatable bonds is 6. The third-order valence-electron chi connectivity index (χ3n) is 4.74. The van der Waals surface area contributed by atoms with Crippen LogP contribution in [-0.2, 0) is 24.4 Å². The van der Waals surface area contributed by atoms with Gasteiger partial charge >= 0.3 is 0 Å². The zero-order valence-electron chi connectivity index (χ0n) is 15.3.